The Kier molecular flexibility index (Phi) is 9.92. The fourth-order valence-electron chi connectivity index (χ4n) is 5.11. The van der Waals surface area contributed by atoms with Crippen LogP contribution in [0.4, 0.5) is 0 Å². The minimum atomic E-state index is -0.683. The third kappa shape index (κ3) is 6.73. The van der Waals surface area contributed by atoms with E-state index in [9.17, 15) is 14.4 Å². The Morgan fingerprint density at radius 2 is 1.86 bits per heavy atom. The maximum atomic E-state index is 13.8. The van der Waals surface area contributed by atoms with Crippen LogP contribution in [-0.4, -0.2) is 73.5 Å². The van der Waals surface area contributed by atoms with Crippen LogP contribution in [0.2, 0.25) is 0 Å². The second kappa shape index (κ2) is 12.9. The largest absolute Gasteiger partial charge is 0.497 e. The molecule has 2 aliphatic rings. The number of rotatable bonds is 11. The molecule has 1 aromatic carbocycles. The molecule has 9 heteroatoms. The Morgan fingerprint density at radius 1 is 1.14 bits per heavy atom. The lowest BCUT2D eigenvalue weighted by Gasteiger charge is -2.32. The fourth-order valence-corrected chi connectivity index (χ4v) is 5.11. The molecular formula is C26H41N5O4. The van der Waals surface area contributed by atoms with E-state index >= 15 is 0 Å². The summed E-state index contributed by atoms with van der Waals surface area (Å²) in [6.07, 6.45) is 4.25. The molecule has 5 N–H and O–H groups in total. The highest BCUT2D eigenvalue weighted by Gasteiger charge is 2.47. The van der Waals surface area contributed by atoms with Crippen LogP contribution in [0, 0.1) is 5.92 Å². The minimum Gasteiger partial charge on any atom is -0.497 e. The lowest BCUT2D eigenvalue weighted by Crippen LogP contribution is -2.58. The van der Waals surface area contributed by atoms with Crippen LogP contribution in [0.15, 0.2) is 24.3 Å². The zero-order valence-corrected chi connectivity index (χ0v) is 21.2. The van der Waals surface area contributed by atoms with Crippen molar-refractivity contribution in [3.05, 3.63) is 29.8 Å². The van der Waals surface area contributed by atoms with Crippen molar-refractivity contribution in [1.82, 2.24) is 20.9 Å². The van der Waals surface area contributed by atoms with Crippen molar-refractivity contribution in [3.63, 3.8) is 0 Å². The standard InChI is InChI=1S/C26H41N5O4/c1-4-21(27)24(32)30-23-18(16-28-5-2)8-9-19-10-13-22(31(19)26(23)34)25(33)29-15-14-17-6-11-20(35-3)12-7-17/h6-7,11-12,18-19,21-23,28H,4-5,8-10,13-16,27H2,1-3H3,(H,29,33)(H,30,32)/t18-,19?,21+,22+,23+/m1/s1. The Balaban J connectivity index is 1.67. The first kappa shape index (κ1) is 26.9. The van der Waals surface area contributed by atoms with Gasteiger partial charge in [0.1, 0.15) is 17.8 Å². The number of carbonyl (C=O) groups excluding carboxylic acids is 3. The number of methoxy groups -OCH3 is 1. The number of nitrogens with two attached hydrogens (primary N) is 1. The van der Waals surface area contributed by atoms with Gasteiger partial charge in [-0.2, -0.15) is 0 Å². The van der Waals surface area contributed by atoms with Crippen LogP contribution in [-0.2, 0) is 20.8 Å². The van der Waals surface area contributed by atoms with E-state index in [2.05, 4.69) is 16.0 Å². The SMILES string of the molecule is CCNC[C@H]1CCC2CC[C@@H](C(=O)NCCc3ccc(OC)cc3)N2C(=O)[C@H]1NC(=O)[C@@H](N)CC. The van der Waals surface area contributed by atoms with E-state index in [0.29, 0.717) is 32.4 Å². The van der Waals surface area contributed by atoms with Crippen molar-refractivity contribution in [2.45, 2.75) is 76.5 Å². The molecule has 2 heterocycles. The van der Waals surface area contributed by atoms with Gasteiger partial charge in [-0.05, 0) is 62.8 Å². The monoisotopic (exact) mass is 487 g/mol. The van der Waals surface area contributed by atoms with E-state index in [4.69, 9.17) is 10.5 Å². The summed E-state index contributed by atoms with van der Waals surface area (Å²) in [4.78, 5) is 41.3. The van der Waals surface area contributed by atoms with Crippen molar-refractivity contribution in [2.75, 3.05) is 26.7 Å². The van der Waals surface area contributed by atoms with Gasteiger partial charge in [0.2, 0.25) is 17.7 Å². The average Bonchev–Trinajstić information content (AvgIpc) is 3.26. The van der Waals surface area contributed by atoms with Crippen molar-refractivity contribution >= 4 is 17.7 Å². The highest BCUT2D eigenvalue weighted by molar-refractivity contribution is 5.94. The number of hydrogen-bond acceptors (Lipinski definition) is 6. The van der Waals surface area contributed by atoms with Gasteiger partial charge in [-0.3, -0.25) is 14.4 Å². The predicted octanol–water partition coefficient (Wildman–Crippen LogP) is 0.955. The molecule has 0 aromatic heterocycles. The number of nitrogens with zero attached hydrogens (tertiary/aromatic N) is 1. The Labute approximate surface area is 208 Å². The number of amides is 3. The summed E-state index contributed by atoms with van der Waals surface area (Å²) in [5.74, 6) is 0.142. The van der Waals surface area contributed by atoms with Gasteiger partial charge in [0, 0.05) is 25.0 Å². The summed E-state index contributed by atoms with van der Waals surface area (Å²) in [7, 11) is 1.63. The van der Waals surface area contributed by atoms with Gasteiger partial charge in [0.15, 0.2) is 0 Å². The van der Waals surface area contributed by atoms with E-state index in [1.165, 1.54) is 0 Å². The molecule has 0 radical (unpaired) electrons. The van der Waals surface area contributed by atoms with Gasteiger partial charge in [0.25, 0.3) is 0 Å². The van der Waals surface area contributed by atoms with Crippen molar-refractivity contribution in [2.24, 2.45) is 11.7 Å². The zero-order chi connectivity index (χ0) is 25.4. The normalized spacial score (nSPS) is 24.9. The number of carbonyl (C=O) groups is 3. The van der Waals surface area contributed by atoms with E-state index in [0.717, 1.165) is 37.1 Å². The fraction of sp³-hybridized carbons (Fsp3) is 0.654. The highest BCUT2D eigenvalue weighted by Crippen LogP contribution is 2.34. The highest BCUT2D eigenvalue weighted by atomic mass is 16.5. The molecule has 5 atom stereocenters. The third-order valence-electron chi connectivity index (χ3n) is 7.27. The van der Waals surface area contributed by atoms with Crippen LogP contribution in [0.5, 0.6) is 5.75 Å². The lowest BCUT2D eigenvalue weighted by molar-refractivity contribution is -0.143. The quantitative estimate of drug-likeness (QED) is 0.368. The third-order valence-corrected chi connectivity index (χ3v) is 7.27. The zero-order valence-electron chi connectivity index (χ0n) is 21.2. The van der Waals surface area contributed by atoms with Gasteiger partial charge >= 0.3 is 0 Å². The predicted molar refractivity (Wildman–Crippen MR) is 135 cm³/mol. The minimum absolute atomic E-state index is 0.0192. The molecule has 9 nitrogen and oxygen atoms in total. The molecule has 3 amide bonds. The Morgan fingerprint density at radius 3 is 2.51 bits per heavy atom. The van der Waals surface area contributed by atoms with Gasteiger partial charge < -0.3 is 31.3 Å². The maximum absolute atomic E-state index is 13.8. The summed E-state index contributed by atoms with van der Waals surface area (Å²) in [5, 5.41) is 9.27. The van der Waals surface area contributed by atoms with Crippen molar-refractivity contribution < 1.29 is 19.1 Å². The van der Waals surface area contributed by atoms with Crippen LogP contribution in [0.25, 0.3) is 0 Å². The summed E-state index contributed by atoms with van der Waals surface area (Å²) >= 11 is 0. The maximum Gasteiger partial charge on any atom is 0.246 e. The molecule has 0 spiro atoms. The van der Waals surface area contributed by atoms with E-state index < -0.39 is 18.1 Å². The number of hydrogen-bond donors (Lipinski definition) is 4. The van der Waals surface area contributed by atoms with Gasteiger partial charge in [-0.25, -0.2) is 0 Å². The summed E-state index contributed by atoms with van der Waals surface area (Å²) in [6, 6.07) is 5.93. The van der Waals surface area contributed by atoms with Crippen molar-refractivity contribution in [3.8, 4) is 5.75 Å². The molecule has 2 aliphatic heterocycles. The topological polar surface area (TPSA) is 126 Å². The summed E-state index contributed by atoms with van der Waals surface area (Å²) < 4.78 is 5.19. The molecule has 35 heavy (non-hydrogen) atoms. The number of fused-ring (bicyclic) bond motifs is 1. The molecule has 0 aliphatic carbocycles. The second-order valence-electron chi connectivity index (χ2n) is 9.53. The van der Waals surface area contributed by atoms with Gasteiger partial charge in [0.05, 0.1) is 13.2 Å². The van der Waals surface area contributed by atoms with Crippen LogP contribution in [0.3, 0.4) is 0 Å². The summed E-state index contributed by atoms with van der Waals surface area (Å²) in [6.45, 7) is 5.77. The number of nitrogens with one attached hydrogen (secondary N) is 3. The molecule has 2 fully saturated rings. The van der Waals surface area contributed by atoms with E-state index in [1.807, 2.05) is 38.1 Å². The van der Waals surface area contributed by atoms with Gasteiger partial charge in [-0.1, -0.05) is 26.0 Å². The Hall–Kier alpha value is -2.65. The molecule has 194 valence electrons. The first-order chi connectivity index (χ1) is 16.9. The summed E-state index contributed by atoms with van der Waals surface area (Å²) in [5.41, 5.74) is 7.04. The van der Waals surface area contributed by atoms with Gasteiger partial charge in [-0.15, -0.1) is 0 Å². The average molecular weight is 488 g/mol. The first-order valence-corrected chi connectivity index (χ1v) is 12.9. The van der Waals surface area contributed by atoms with E-state index in [1.54, 1.807) is 12.0 Å². The number of benzene rings is 1. The van der Waals surface area contributed by atoms with Crippen LogP contribution >= 0.6 is 0 Å². The molecule has 2 saturated heterocycles. The Bertz CT molecular complexity index is 862. The number of ether oxygens (including phenoxy) is 1. The second-order valence-corrected chi connectivity index (χ2v) is 9.53. The van der Waals surface area contributed by atoms with Crippen molar-refractivity contribution in [1.29, 1.82) is 0 Å². The molecule has 3 rings (SSSR count). The van der Waals surface area contributed by atoms with E-state index in [-0.39, 0.29) is 29.7 Å². The molecular weight excluding hydrogens is 446 g/mol. The molecule has 0 saturated carbocycles. The van der Waals surface area contributed by atoms with Crippen LogP contribution in [0.1, 0.15) is 51.5 Å². The smallest absolute Gasteiger partial charge is 0.246 e. The lowest BCUT2D eigenvalue weighted by atomic mass is 9.92. The molecule has 1 unspecified atom stereocenters. The molecule has 0 bridgehead atoms. The first-order valence-electron chi connectivity index (χ1n) is 12.9. The molecule has 1 aromatic rings. The van der Waals surface area contributed by atoms with Crippen LogP contribution < -0.4 is 26.4 Å².